The molecule has 0 saturated heterocycles. The maximum Gasteiger partial charge on any atom is 0.196 e. The molecular formula is C21H17BrN4OS. The van der Waals surface area contributed by atoms with E-state index in [1.807, 2.05) is 71.3 Å². The van der Waals surface area contributed by atoms with Gasteiger partial charge in [-0.25, -0.2) is 0 Å². The molecule has 0 radical (unpaired) electrons. The van der Waals surface area contributed by atoms with Crippen LogP contribution in [0.2, 0.25) is 0 Å². The lowest BCUT2D eigenvalue weighted by Gasteiger charge is -2.13. The third kappa shape index (κ3) is 4.16. The SMILES string of the molecule is O[C@@H](CSc1nnc(-c2cccnc2)n1-c1ccc(Br)cc1)c1ccccc1. The van der Waals surface area contributed by atoms with Crippen LogP contribution in [-0.2, 0) is 0 Å². The van der Waals surface area contributed by atoms with Gasteiger partial charge >= 0.3 is 0 Å². The second-order valence-corrected chi connectivity index (χ2v) is 8.00. The van der Waals surface area contributed by atoms with Crippen LogP contribution in [0.3, 0.4) is 0 Å². The van der Waals surface area contributed by atoms with Crippen LogP contribution in [0.1, 0.15) is 11.7 Å². The van der Waals surface area contributed by atoms with Gasteiger partial charge in [0.2, 0.25) is 0 Å². The quantitative estimate of drug-likeness (QED) is 0.420. The first-order chi connectivity index (χ1) is 13.7. The zero-order valence-electron chi connectivity index (χ0n) is 14.8. The normalized spacial score (nSPS) is 12.1. The molecule has 0 aliphatic rings. The molecule has 140 valence electrons. The largest absolute Gasteiger partial charge is 0.388 e. The fourth-order valence-corrected chi connectivity index (χ4v) is 3.98. The van der Waals surface area contributed by atoms with Crippen molar-refractivity contribution in [2.45, 2.75) is 11.3 Å². The zero-order chi connectivity index (χ0) is 19.3. The minimum Gasteiger partial charge on any atom is -0.388 e. The van der Waals surface area contributed by atoms with Gasteiger partial charge in [0.05, 0.1) is 6.10 Å². The number of hydrogen-bond donors (Lipinski definition) is 1. The number of thioether (sulfide) groups is 1. The molecule has 2 aromatic heterocycles. The van der Waals surface area contributed by atoms with Crippen molar-refractivity contribution in [3.05, 3.63) is 89.2 Å². The molecule has 1 atom stereocenters. The Bertz CT molecular complexity index is 1040. The molecule has 5 nitrogen and oxygen atoms in total. The minimum absolute atomic E-state index is 0.478. The molecule has 0 amide bonds. The Balaban J connectivity index is 1.67. The predicted molar refractivity (Wildman–Crippen MR) is 114 cm³/mol. The van der Waals surface area contributed by atoms with Gasteiger partial charge < -0.3 is 5.11 Å². The maximum atomic E-state index is 10.5. The molecule has 4 aromatic rings. The van der Waals surface area contributed by atoms with E-state index in [-0.39, 0.29) is 0 Å². The number of halogens is 1. The molecule has 1 N–H and O–H groups in total. The topological polar surface area (TPSA) is 63.8 Å². The Labute approximate surface area is 175 Å². The lowest BCUT2D eigenvalue weighted by Crippen LogP contribution is -2.03. The molecular weight excluding hydrogens is 436 g/mol. The first-order valence-corrected chi connectivity index (χ1v) is 10.5. The molecule has 0 aliphatic heterocycles. The van der Waals surface area contributed by atoms with Crippen molar-refractivity contribution < 1.29 is 5.11 Å². The van der Waals surface area contributed by atoms with E-state index < -0.39 is 6.10 Å². The second-order valence-electron chi connectivity index (χ2n) is 6.10. The number of pyridine rings is 1. The molecule has 2 aromatic carbocycles. The van der Waals surface area contributed by atoms with Gasteiger partial charge in [-0.15, -0.1) is 10.2 Å². The van der Waals surface area contributed by atoms with Crippen molar-refractivity contribution in [2.75, 3.05) is 5.75 Å². The van der Waals surface area contributed by atoms with Crippen LogP contribution in [0.5, 0.6) is 0 Å². The highest BCUT2D eigenvalue weighted by molar-refractivity contribution is 9.10. The Kier molecular flexibility index (Phi) is 5.85. The number of rotatable bonds is 6. The lowest BCUT2D eigenvalue weighted by molar-refractivity contribution is 0.204. The van der Waals surface area contributed by atoms with Gasteiger partial charge in [0.25, 0.3) is 0 Å². The maximum absolute atomic E-state index is 10.5. The average molecular weight is 453 g/mol. The Morgan fingerprint density at radius 3 is 2.46 bits per heavy atom. The van der Waals surface area contributed by atoms with Crippen LogP contribution >= 0.6 is 27.7 Å². The van der Waals surface area contributed by atoms with Crippen LogP contribution in [0, 0.1) is 0 Å². The van der Waals surface area contributed by atoms with E-state index in [1.165, 1.54) is 11.8 Å². The standard InChI is InChI=1S/C21H17BrN4OS/c22-17-8-10-18(11-9-17)26-20(16-7-4-12-23-13-16)24-25-21(26)28-14-19(27)15-5-2-1-3-6-15/h1-13,19,27H,14H2/t19-/m0/s1. The number of benzene rings is 2. The van der Waals surface area contributed by atoms with Gasteiger partial charge in [-0.1, -0.05) is 58.0 Å². The van der Waals surface area contributed by atoms with Crippen LogP contribution in [-0.4, -0.2) is 30.6 Å². The highest BCUT2D eigenvalue weighted by Gasteiger charge is 2.18. The first-order valence-electron chi connectivity index (χ1n) is 8.70. The molecule has 4 rings (SSSR count). The number of aliphatic hydroxyl groups is 1. The summed E-state index contributed by atoms with van der Waals surface area (Å²) in [5.41, 5.74) is 2.72. The first kappa shape index (κ1) is 18.9. The summed E-state index contributed by atoms with van der Waals surface area (Å²) in [7, 11) is 0. The summed E-state index contributed by atoms with van der Waals surface area (Å²) < 4.78 is 2.99. The summed E-state index contributed by atoms with van der Waals surface area (Å²) >= 11 is 4.95. The molecule has 0 bridgehead atoms. The number of nitrogens with zero attached hydrogens (tertiary/aromatic N) is 4. The van der Waals surface area contributed by atoms with Gasteiger partial charge in [0.1, 0.15) is 0 Å². The molecule has 0 saturated carbocycles. The Hall–Kier alpha value is -2.48. The Morgan fingerprint density at radius 1 is 0.964 bits per heavy atom. The number of hydrogen-bond acceptors (Lipinski definition) is 5. The van der Waals surface area contributed by atoms with Gasteiger partial charge in [0.15, 0.2) is 11.0 Å². The molecule has 0 fully saturated rings. The fourth-order valence-electron chi connectivity index (χ4n) is 2.79. The average Bonchev–Trinajstić information content (AvgIpc) is 3.18. The van der Waals surface area contributed by atoms with Crippen LogP contribution in [0.4, 0.5) is 0 Å². The van der Waals surface area contributed by atoms with Gasteiger partial charge in [-0.2, -0.15) is 0 Å². The molecule has 0 unspecified atom stereocenters. The summed E-state index contributed by atoms with van der Waals surface area (Å²) in [6.45, 7) is 0. The number of aromatic nitrogens is 4. The highest BCUT2D eigenvalue weighted by Crippen LogP contribution is 2.30. The minimum atomic E-state index is -0.580. The molecule has 7 heteroatoms. The van der Waals surface area contributed by atoms with E-state index in [0.717, 1.165) is 26.4 Å². The van der Waals surface area contributed by atoms with Crippen LogP contribution < -0.4 is 0 Å². The van der Waals surface area contributed by atoms with Crippen molar-refractivity contribution in [2.24, 2.45) is 0 Å². The monoisotopic (exact) mass is 452 g/mol. The summed E-state index contributed by atoms with van der Waals surface area (Å²) in [5.74, 6) is 1.19. The van der Waals surface area contributed by atoms with E-state index in [1.54, 1.807) is 12.4 Å². The lowest BCUT2D eigenvalue weighted by atomic mass is 10.1. The van der Waals surface area contributed by atoms with Crippen LogP contribution in [0.25, 0.3) is 17.1 Å². The van der Waals surface area contributed by atoms with E-state index >= 15 is 0 Å². The smallest absolute Gasteiger partial charge is 0.196 e. The molecule has 2 heterocycles. The highest BCUT2D eigenvalue weighted by atomic mass is 79.9. The van der Waals surface area contributed by atoms with E-state index in [2.05, 4.69) is 31.1 Å². The van der Waals surface area contributed by atoms with Crippen molar-refractivity contribution in [1.82, 2.24) is 19.7 Å². The van der Waals surface area contributed by atoms with Crippen molar-refractivity contribution in [3.63, 3.8) is 0 Å². The molecule has 0 aliphatic carbocycles. The second kappa shape index (κ2) is 8.68. The molecule has 28 heavy (non-hydrogen) atoms. The van der Waals surface area contributed by atoms with Gasteiger partial charge in [0, 0.05) is 33.9 Å². The van der Waals surface area contributed by atoms with Gasteiger partial charge in [-0.3, -0.25) is 9.55 Å². The number of aliphatic hydroxyl groups excluding tert-OH is 1. The van der Waals surface area contributed by atoms with Gasteiger partial charge in [-0.05, 0) is 42.0 Å². The Morgan fingerprint density at radius 2 is 1.75 bits per heavy atom. The van der Waals surface area contributed by atoms with Crippen molar-refractivity contribution in [3.8, 4) is 17.1 Å². The summed E-state index contributed by atoms with van der Waals surface area (Å²) in [4.78, 5) is 4.20. The third-order valence-electron chi connectivity index (χ3n) is 4.19. The summed E-state index contributed by atoms with van der Waals surface area (Å²) in [6, 6.07) is 21.4. The third-order valence-corrected chi connectivity index (χ3v) is 5.73. The summed E-state index contributed by atoms with van der Waals surface area (Å²) in [5, 5.41) is 20.0. The van der Waals surface area contributed by atoms with E-state index in [0.29, 0.717) is 11.6 Å². The van der Waals surface area contributed by atoms with Crippen LogP contribution in [0.15, 0.2) is 88.8 Å². The summed E-state index contributed by atoms with van der Waals surface area (Å²) in [6.07, 6.45) is 2.92. The van der Waals surface area contributed by atoms with Crippen molar-refractivity contribution in [1.29, 1.82) is 0 Å². The van der Waals surface area contributed by atoms with E-state index in [9.17, 15) is 5.11 Å². The van der Waals surface area contributed by atoms with Crippen molar-refractivity contribution >= 4 is 27.7 Å². The predicted octanol–water partition coefficient (Wildman–Crippen LogP) is 4.92. The zero-order valence-corrected chi connectivity index (χ0v) is 17.2. The molecule has 0 spiro atoms. The fraction of sp³-hybridized carbons (Fsp3) is 0.0952. The van der Waals surface area contributed by atoms with E-state index in [4.69, 9.17) is 0 Å².